The molecule has 3 aliphatic rings. The van der Waals surface area contributed by atoms with Crippen LogP contribution in [-0.4, -0.2) is 15.8 Å². The number of para-hydroxylation sites is 7. The molecule has 0 saturated carbocycles. The maximum atomic E-state index is 2.58. The molecule has 0 aliphatic carbocycles. The van der Waals surface area contributed by atoms with Crippen molar-refractivity contribution >= 4 is 101 Å². The predicted octanol–water partition coefficient (Wildman–Crippen LogP) is 12.6. The molecule has 290 valence electrons. The number of benzene rings is 9. The van der Waals surface area contributed by atoms with Crippen LogP contribution in [0, 0.1) is 0 Å². The molecule has 0 fully saturated rings. The first kappa shape index (κ1) is 34.0. The van der Waals surface area contributed by atoms with Crippen molar-refractivity contribution in [2.75, 3.05) is 9.80 Å². The molecule has 0 radical (unpaired) electrons. The van der Waals surface area contributed by atoms with Crippen molar-refractivity contribution in [3.05, 3.63) is 211 Å². The Hall–Kier alpha value is -7.76. The second-order valence-electron chi connectivity index (χ2n) is 17.7. The van der Waals surface area contributed by atoms with Gasteiger partial charge in [0.25, 0.3) is 0 Å². The Morgan fingerprint density at radius 1 is 0.355 bits per heavy atom. The van der Waals surface area contributed by atoms with Gasteiger partial charge in [-0.05, 0) is 101 Å². The van der Waals surface area contributed by atoms with Crippen molar-refractivity contribution in [1.82, 2.24) is 9.13 Å². The number of anilines is 6. The van der Waals surface area contributed by atoms with E-state index in [0.717, 1.165) is 17.1 Å². The van der Waals surface area contributed by atoms with Crippen LogP contribution in [0.2, 0.25) is 0 Å². The zero-order chi connectivity index (χ0) is 40.8. The molecule has 0 saturated heterocycles. The van der Waals surface area contributed by atoms with Crippen molar-refractivity contribution in [3.8, 4) is 11.4 Å². The summed E-state index contributed by atoms with van der Waals surface area (Å²) < 4.78 is 5.00. The fourth-order valence-electron chi connectivity index (χ4n) is 11.7. The Balaban J connectivity index is 1.11. The Labute approximate surface area is 360 Å². The second kappa shape index (κ2) is 12.2. The molecule has 5 heteroatoms. The lowest BCUT2D eigenvalue weighted by atomic mass is 9.30. The highest BCUT2D eigenvalue weighted by molar-refractivity contribution is 6.99. The van der Waals surface area contributed by atoms with Crippen LogP contribution in [-0.2, 0) is 5.41 Å². The third-order valence-electron chi connectivity index (χ3n) is 14.2. The number of hydrogen-bond donors (Lipinski definition) is 0. The summed E-state index contributed by atoms with van der Waals surface area (Å²) >= 11 is 0. The highest BCUT2D eigenvalue weighted by atomic mass is 15.2. The van der Waals surface area contributed by atoms with E-state index in [1.165, 1.54) is 99.6 Å². The van der Waals surface area contributed by atoms with E-state index in [9.17, 15) is 0 Å². The summed E-state index contributed by atoms with van der Waals surface area (Å²) in [4.78, 5) is 4.97. The van der Waals surface area contributed by atoms with Crippen LogP contribution in [0.1, 0.15) is 25.0 Å². The summed E-state index contributed by atoms with van der Waals surface area (Å²) in [6.07, 6.45) is 0. The number of hydrogen-bond acceptors (Lipinski definition) is 2. The molecule has 0 unspecified atom stereocenters. The van der Waals surface area contributed by atoms with Gasteiger partial charge in [0.05, 0.1) is 39.1 Å². The summed E-state index contributed by atoms with van der Waals surface area (Å²) in [6, 6.07) is 74.5. The Kier molecular flexibility index (Phi) is 6.68. The maximum Gasteiger partial charge on any atom is 0.247 e. The molecule has 3 aliphatic heterocycles. The summed E-state index contributed by atoms with van der Waals surface area (Å²) in [7, 11) is 0. The normalized spacial score (nSPS) is 14.3. The number of nitrogens with zero attached hydrogens (tertiary/aromatic N) is 4. The average Bonchev–Trinajstić information content (AvgIpc) is 3.83. The molecular weight excluding hydrogens is 751 g/mol. The number of rotatable bonds is 3. The molecule has 62 heavy (non-hydrogen) atoms. The first-order valence-corrected chi connectivity index (χ1v) is 21.7. The van der Waals surface area contributed by atoms with Crippen molar-refractivity contribution in [2.24, 2.45) is 0 Å². The standard InChI is InChI=1S/C57H39BN4/c1-57(2)43-26-17-30-50-55(43)58(46-33-41-39-24-12-13-27-47(39)59(36-18-6-3-7-19-36)53(41)35-54(46)61(50)38-22-10-5-11-23-38)45-32-42-40-25-16-31-51-56(40)62(52(42)34-44(45)57)49-29-15-14-28-48(49)60(51)37-20-8-4-9-21-37/h3-35H,1-2H3. The quantitative estimate of drug-likeness (QED) is 0.166. The minimum absolute atomic E-state index is 0.0200. The first-order valence-electron chi connectivity index (χ1n) is 21.7. The van der Waals surface area contributed by atoms with Crippen molar-refractivity contribution in [2.45, 2.75) is 19.3 Å². The first-order chi connectivity index (χ1) is 30.6. The van der Waals surface area contributed by atoms with Gasteiger partial charge in [0.15, 0.2) is 0 Å². The van der Waals surface area contributed by atoms with Crippen molar-refractivity contribution < 1.29 is 0 Å². The van der Waals surface area contributed by atoms with Gasteiger partial charge in [-0.3, -0.25) is 0 Å². The summed E-state index contributed by atoms with van der Waals surface area (Å²) in [5.74, 6) is 0. The lowest BCUT2D eigenvalue weighted by Gasteiger charge is -2.45. The van der Waals surface area contributed by atoms with E-state index in [0.29, 0.717) is 0 Å². The predicted molar refractivity (Wildman–Crippen MR) is 261 cm³/mol. The van der Waals surface area contributed by atoms with Crippen LogP contribution < -0.4 is 26.2 Å². The van der Waals surface area contributed by atoms with E-state index in [4.69, 9.17) is 0 Å². The molecule has 0 N–H and O–H groups in total. The van der Waals surface area contributed by atoms with E-state index >= 15 is 0 Å². The summed E-state index contributed by atoms with van der Waals surface area (Å²) in [6.45, 7) is 4.90. The van der Waals surface area contributed by atoms with Gasteiger partial charge in [0, 0.05) is 55.4 Å². The van der Waals surface area contributed by atoms with Gasteiger partial charge in [-0.1, -0.05) is 141 Å². The van der Waals surface area contributed by atoms with Crippen molar-refractivity contribution in [3.63, 3.8) is 0 Å². The van der Waals surface area contributed by atoms with Crippen LogP contribution in [0.15, 0.2) is 200 Å². The summed E-state index contributed by atoms with van der Waals surface area (Å²) in [5.41, 5.74) is 21.1. The Bertz CT molecular complexity index is 3680. The molecule has 11 aromatic rings. The van der Waals surface area contributed by atoms with Gasteiger partial charge >= 0.3 is 0 Å². The van der Waals surface area contributed by atoms with Crippen LogP contribution in [0.3, 0.4) is 0 Å². The van der Waals surface area contributed by atoms with Crippen LogP contribution in [0.5, 0.6) is 0 Å². The van der Waals surface area contributed by atoms with Gasteiger partial charge in [-0.25, -0.2) is 0 Å². The SMILES string of the molecule is CC1(C)c2cc3c(cc2B2c4cc5c6ccccc6n(-c6ccccc6)c5cc4N(c4ccccc4)c4cccc1c42)c1cccc2c1n3-c1ccccc1N2c1ccccc1. The van der Waals surface area contributed by atoms with E-state index in [1.54, 1.807) is 0 Å². The molecule has 14 rings (SSSR count). The molecule has 0 bridgehead atoms. The zero-order valence-electron chi connectivity index (χ0n) is 34.4. The molecular formula is C57H39BN4. The Morgan fingerprint density at radius 2 is 0.903 bits per heavy atom. The highest BCUT2D eigenvalue weighted by Crippen LogP contribution is 2.51. The molecule has 0 atom stereocenters. The summed E-state index contributed by atoms with van der Waals surface area (Å²) in [5, 5.41) is 5.10. The lowest BCUT2D eigenvalue weighted by molar-refractivity contribution is 0.646. The highest BCUT2D eigenvalue weighted by Gasteiger charge is 2.47. The van der Waals surface area contributed by atoms with Crippen LogP contribution in [0.25, 0.3) is 55.0 Å². The molecule has 0 spiro atoms. The zero-order valence-corrected chi connectivity index (χ0v) is 34.4. The van der Waals surface area contributed by atoms with Gasteiger partial charge in [-0.2, -0.15) is 0 Å². The van der Waals surface area contributed by atoms with E-state index in [2.05, 4.69) is 233 Å². The van der Waals surface area contributed by atoms with E-state index in [1.807, 2.05) is 0 Å². The largest absolute Gasteiger partial charge is 0.311 e. The lowest BCUT2D eigenvalue weighted by Crippen LogP contribution is -2.64. The van der Waals surface area contributed by atoms with Gasteiger partial charge < -0.3 is 18.9 Å². The number of aromatic nitrogens is 2. The third-order valence-corrected chi connectivity index (χ3v) is 14.2. The molecule has 5 heterocycles. The van der Waals surface area contributed by atoms with Gasteiger partial charge in [0.2, 0.25) is 6.71 Å². The smallest absolute Gasteiger partial charge is 0.247 e. The average molecular weight is 791 g/mol. The van der Waals surface area contributed by atoms with E-state index in [-0.39, 0.29) is 12.1 Å². The fourth-order valence-corrected chi connectivity index (χ4v) is 11.7. The minimum Gasteiger partial charge on any atom is -0.311 e. The van der Waals surface area contributed by atoms with Crippen LogP contribution in [0.4, 0.5) is 34.1 Å². The minimum atomic E-state index is -0.275. The molecule has 9 aromatic carbocycles. The number of fused-ring (bicyclic) bond motifs is 12. The van der Waals surface area contributed by atoms with Gasteiger partial charge in [0.1, 0.15) is 0 Å². The fraction of sp³-hybridized carbons (Fsp3) is 0.0526. The monoisotopic (exact) mass is 790 g/mol. The Morgan fingerprint density at radius 3 is 1.66 bits per heavy atom. The molecule has 0 amide bonds. The second-order valence-corrected chi connectivity index (χ2v) is 17.7. The third kappa shape index (κ3) is 4.32. The van der Waals surface area contributed by atoms with E-state index < -0.39 is 0 Å². The molecule has 2 aromatic heterocycles. The molecule has 4 nitrogen and oxygen atoms in total. The maximum absolute atomic E-state index is 2.58. The van der Waals surface area contributed by atoms with Gasteiger partial charge in [-0.15, -0.1) is 0 Å². The van der Waals surface area contributed by atoms with Crippen LogP contribution >= 0.6 is 0 Å². The van der Waals surface area contributed by atoms with Crippen molar-refractivity contribution in [1.29, 1.82) is 0 Å². The topological polar surface area (TPSA) is 16.3 Å².